The molecule has 1 aliphatic heterocycles. The molecule has 1 saturated heterocycles. The van der Waals surface area contributed by atoms with Crippen molar-refractivity contribution in [3.63, 3.8) is 0 Å². The number of hydrogen-bond acceptors (Lipinski definition) is 6. The summed E-state index contributed by atoms with van der Waals surface area (Å²) >= 11 is 0. The number of β-amino-alcohol motifs (C(OH)–C–C–N with tert-alkyl or cyclic N) is 1. The number of rotatable bonds is 6. The van der Waals surface area contributed by atoms with Gasteiger partial charge in [-0.05, 0) is 31.9 Å². The van der Waals surface area contributed by atoms with Crippen molar-refractivity contribution in [1.82, 2.24) is 24.6 Å². The second-order valence-electron chi connectivity index (χ2n) is 7.02. The van der Waals surface area contributed by atoms with Crippen LogP contribution in [0.5, 0.6) is 0 Å². The summed E-state index contributed by atoms with van der Waals surface area (Å²) in [5.74, 6) is 0.619. The summed E-state index contributed by atoms with van der Waals surface area (Å²) in [6.45, 7) is 3.99. The number of aromatic nitrogens is 4. The van der Waals surface area contributed by atoms with E-state index in [0.29, 0.717) is 38.4 Å². The summed E-state index contributed by atoms with van der Waals surface area (Å²) < 4.78 is 1.77. The topological polar surface area (TPSA) is 87.4 Å². The largest absolute Gasteiger partial charge is 0.386 e. The van der Waals surface area contributed by atoms with Crippen LogP contribution >= 0.6 is 0 Å². The van der Waals surface area contributed by atoms with Crippen molar-refractivity contribution in [2.75, 3.05) is 31.6 Å². The van der Waals surface area contributed by atoms with Crippen LogP contribution in [0.25, 0.3) is 0 Å². The van der Waals surface area contributed by atoms with Crippen molar-refractivity contribution in [2.24, 2.45) is 0 Å². The predicted octanol–water partition coefficient (Wildman–Crippen LogP) is 0.862. The van der Waals surface area contributed by atoms with Crippen LogP contribution in [0.1, 0.15) is 25.0 Å². The number of carbonyl (C=O) groups excluding carboxylic acids is 1. The smallest absolute Gasteiger partial charge is 0.225 e. The van der Waals surface area contributed by atoms with E-state index in [2.05, 4.69) is 15.1 Å². The fourth-order valence-electron chi connectivity index (χ4n) is 3.39. The number of amides is 1. The lowest BCUT2D eigenvalue weighted by Gasteiger charge is -2.41. The zero-order valence-corrected chi connectivity index (χ0v) is 15.4. The van der Waals surface area contributed by atoms with Crippen molar-refractivity contribution < 1.29 is 9.90 Å². The quantitative estimate of drug-likeness (QED) is 0.824. The van der Waals surface area contributed by atoms with Crippen molar-refractivity contribution >= 4 is 11.9 Å². The maximum Gasteiger partial charge on any atom is 0.225 e. The van der Waals surface area contributed by atoms with Crippen molar-refractivity contribution in [2.45, 2.75) is 38.3 Å². The number of hydrogen-bond donors (Lipinski definition) is 1. The van der Waals surface area contributed by atoms with Crippen molar-refractivity contribution in [3.8, 4) is 0 Å². The molecule has 0 radical (unpaired) electrons. The normalized spacial score (nSPS) is 20.2. The van der Waals surface area contributed by atoms with E-state index in [4.69, 9.17) is 0 Å². The lowest BCUT2D eigenvalue weighted by molar-refractivity contribution is -0.133. The van der Waals surface area contributed by atoms with Crippen LogP contribution < -0.4 is 4.90 Å². The molecular formula is C18H26N6O2. The minimum absolute atomic E-state index is 0.000312. The van der Waals surface area contributed by atoms with E-state index >= 15 is 0 Å². The van der Waals surface area contributed by atoms with E-state index in [0.717, 1.165) is 18.7 Å². The molecule has 0 spiro atoms. The average Bonchev–Trinajstić information content (AvgIpc) is 3.05. The molecule has 1 atom stereocenters. The maximum atomic E-state index is 12.4. The molecule has 140 valence electrons. The number of carbonyl (C=O) groups is 1. The zero-order valence-electron chi connectivity index (χ0n) is 15.4. The predicted molar refractivity (Wildman–Crippen MR) is 97.6 cm³/mol. The monoisotopic (exact) mass is 358 g/mol. The molecule has 0 saturated carbocycles. The van der Waals surface area contributed by atoms with Crippen molar-refractivity contribution in [1.29, 1.82) is 0 Å². The van der Waals surface area contributed by atoms with Gasteiger partial charge in [-0.25, -0.2) is 9.97 Å². The van der Waals surface area contributed by atoms with E-state index in [1.54, 1.807) is 35.1 Å². The highest BCUT2D eigenvalue weighted by Crippen LogP contribution is 2.24. The lowest BCUT2D eigenvalue weighted by atomic mass is 9.92. The Hall–Kier alpha value is -2.48. The van der Waals surface area contributed by atoms with Crippen LogP contribution in [-0.2, 0) is 11.3 Å². The van der Waals surface area contributed by atoms with E-state index < -0.39 is 5.60 Å². The van der Waals surface area contributed by atoms with Gasteiger partial charge in [-0.3, -0.25) is 9.48 Å². The fraction of sp³-hybridized carbons (Fsp3) is 0.556. The summed E-state index contributed by atoms with van der Waals surface area (Å²) in [5.41, 5.74) is -0.0185. The van der Waals surface area contributed by atoms with E-state index in [-0.39, 0.29) is 5.91 Å². The molecule has 8 nitrogen and oxygen atoms in total. The molecule has 3 rings (SSSR count). The SMILES string of the molecule is Cc1ccn(CCC(=O)N(C)C[C@@]2(O)CCCN(c3ncccn3)C2)n1. The third kappa shape index (κ3) is 4.57. The molecule has 26 heavy (non-hydrogen) atoms. The Balaban J connectivity index is 1.55. The number of piperidine rings is 1. The van der Waals surface area contributed by atoms with Gasteiger partial charge in [0.05, 0.1) is 24.4 Å². The third-order valence-electron chi connectivity index (χ3n) is 4.68. The molecule has 0 aromatic carbocycles. The molecule has 2 aromatic heterocycles. The average molecular weight is 358 g/mol. The number of likely N-dealkylation sites (N-methyl/N-ethyl adjacent to an activating group) is 1. The van der Waals surface area contributed by atoms with Crippen LogP contribution in [0.15, 0.2) is 30.7 Å². The Morgan fingerprint density at radius 3 is 2.85 bits per heavy atom. The third-order valence-corrected chi connectivity index (χ3v) is 4.68. The Morgan fingerprint density at radius 2 is 2.15 bits per heavy atom. The minimum Gasteiger partial charge on any atom is -0.386 e. The summed E-state index contributed by atoms with van der Waals surface area (Å²) in [6.07, 6.45) is 7.12. The van der Waals surface area contributed by atoms with Crippen LogP contribution in [0, 0.1) is 6.92 Å². The van der Waals surface area contributed by atoms with Gasteiger partial charge in [0.25, 0.3) is 0 Å². The number of anilines is 1. The first-order chi connectivity index (χ1) is 12.5. The van der Waals surface area contributed by atoms with E-state index in [9.17, 15) is 9.90 Å². The van der Waals surface area contributed by atoms with Crippen LogP contribution in [0.3, 0.4) is 0 Å². The molecular weight excluding hydrogens is 332 g/mol. The van der Waals surface area contributed by atoms with Gasteiger partial charge in [0.15, 0.2) is 0 Å². The van der Waals surface area contributed by atoms with E-state index in [1.807, 2.05) is 24.1 Å². The molecule has 0 unspecified atom stereocenters. The van der Waals surface area contributed by atoms with Crippen LogP contribution in [-0.4, -0.2) is 67.9 Å². The molecule has 1 N–H and O–H groups in total. The van der Waals surface area contributed by atoms with Crippen LogP contribution in [0.4, 0.5) is 5.95 Å². The van der Waals surface area contributed by atoms with Gasteiger partial charge in [0, 0.05) is 45.1 Å². The summed E-state index contributed by atoms with van der Waals surface area (Å²) in [6, 6.07) is 3.69. The number of aryl methyl sites for hydroxylation is 2. The highest BCUT2D eigenvalue weighted by atomic mass is 16.3. The number of nitrogens with zero attached hydrogens (tertiary/aromatic N) is 6. The standard InChI is InChI=1S/C18H26N6O2/c1-15-5-11-24(21-15)12-6-16(25)22(2)13-18(26)7-3-10-23(14-18)17-19-8-4-9-20-17/h4-5,8-9,11,26H,3,6-7,10,12-14H2,1-2H3/t18-/m0/s1. The first-order valence-electron chi connectivity index (χ1n) is 8.94. The van der Waals surface area contributed by atoms with Gasteiger partial charge in [-0.15, -0.1) is 0 Å². The Labute approximate surface area is 153 Å². The minimum atomic E-state index is -0.954. The fourth-order valence-corrected chi connectivity index (χ4v) is 3.39. The molecule has 0 bridgehead atoms. The van der Waals surface area contributed by atoms with Crippen molar-refractivity contribution in [3.05, 3.63) is 36.4 Å². The Morgan fingerprint density at radius 1 is 1.38 bits per heavy atom. The summed E-state index contributed by atoms with van der Waals surface area (Å²) in [7, 11) is 1.74. The molecule has 8 heteroatoms. The summed E-state index contributed by atoms with van der Waals surface area (Å²) in [4.78, 5) is 24.5. The molecule has 2 aromatic rings. The first-order valence-corrected chi connectivity index (χ1v) is 8.94. The summed E-state index contributed by atoms with van der Waals surface area (Å²) in [5, 5.41) is 15.3. The molecule has 3 heterocycles. The molecule has 0 aliphatic carbocycles. The molecule has 1 amide bonds. The Kier molecular flexibility index (Phi) is 5.51. The lowest BCUT2D eigenvalue weighted by Crippen LogP contribution is -2.55. The second kappa shape index (κ2) is 7.82. The van der Waals surface area contributed by atoms with Gasteiger partial charge >= 0.3 is 0 Å². The first kappa shape index (κ1) is 18.3. The highest BCUT2D eigenvalue weighted by Gasteiger charge is 2.36. The number of aliphatic hydroxyl groups is 1. The van der Waals surface area contributed by atoms with Gasteiger partial charge in [0.2, 0.25) is 11.9 Å². The second-order valence-corrected chi connectivity index (χ2v) is 7.02. The van der Waals surface area contributed by atoms with Gasteiger partial charge in [-0.2, -0.15) is 5.10 Å². The molecule has 1 aliphatic rings. The zero-order chi connectivity index (χ0) is 18.6. The van der Waals surface area contributed by atoms with Gasteiger partial charge in [0.1, 0.15) is 0 Å². The molecule has 1 fully saturated rings. The van der Waals surface area contributed by atoms with Gasteiger partial charge in [-0.1, -0.05) is 0 Å². The highest BCUT2D eigenvalue weighted by molar-refractivity contribution is 5.75. The van der Waals surface area contributed by atoms with Gasteiger partial charge < -0.3 is 14.9 Å². The van der Waals surface area contributed by atoms with Crippen LogP contribution in [0.2, 0.25) is 0 Å². The van der Waals surface area contributed by atoms with E-state index in [1.165, 1.54) is 0 Å². The Bertz CT molecular complexity index is 734. The maximum absolute atomic E-state index is 12.4.